The third-order valence-corrected chi connectivity index (χ3v) is 1.52. The van der Waals surface area contributed by atoms with Crippen LogP contribution < -0.4 is 0 Å². The molecule has 0 saturated heterocycles. The van der Waals surface area contributed by atoms with Gasteiger partial charge in [-0.2, -0.15) is 0 Å². The summed E-state index contributed by atoms with van der Waals surface area (Å²) < 4.78 is 1.84. The maximum absolute atomic E-state index is 4.12. The van der Waals surface area contributed by atoms with Crippen molar-refractivity contribution in [3.63, 3.8) is 0 Å². The van der Waals surface area contributed by atoms with Crippen molar-refractivity contribution in [2.24, 2.45) is 4.99 Å². The molecular weight excluding hydrogens is 138 g/mol. The van der Waals surface area contributed by atoms with E-state index in [0.717, 1.165) is 11.5 Å². The first-order chi connectivity index (χ1) is 5.29. The Kier molecular flexibility index (Phi) is 2.21. The van der Waals surface area contributed by atoms with E-state index in [1.54, 1.807) is 19.4 Å². The molecule has 0 aliphatic carbocycles. The zero-order valence-electron chi connectivity index (χ0n) is 6.78. The Morgan fingerprint density at radius 1 is 1.82 bits per heavy atom. The van der Waals surface area contributed by atoms with E-state index in [2.05, 4.69) is 16.6 Å². The summed E-state index contributed by atoms with van der Waals surface area (Å²) in [4.78, 5) is 8.14. The van der Waals surface area contributed by atoms with Crippen LogP contribution in [0.25, 0.3) is 6.20 Å². The summed E-state index contributed by atoms with van der Waals surface area (Å²) in [6, 6.07) is 0. The zero-order chi connectivity index (χ0) is 8.27. The monoisotopic (exact) mass is 149 g/mol. The van der Waals surface area contributed by atoms with Crippen molar-refractivity contribution in [2.45, 2.75) is 6.92 Å². The van der Waals surface area contributed by atoms with Gasteiger partial charge in [-0.05, 0) is 6.92 Å². The van der Waals surface area contributed by atoms with Crippen molar-refractivity contribution in [2.75, 3.05) is 7.05 Å². The summed E-state index contributed by atoms with van der Waals surface area (Å²) in [7, 11) is 1.75. The highest BCUT2D eigenvalue weighted by molar-refractivity contribution is 5.95. The molecule has 0 aliphatic heterocycles. The zero-order valence-corrected chi connectivity index (χ0v) is 6.78. The molecule has 0 radical (unpaired) electrons. The van der Waals surface area contributed by atoms with Crippen molar-refractivity contribution in [3.05, 3.63) is 24.8 Å². The minimum atomic E-state index is 0.850. The first kappa shape index (κ1) is 7.72. The van der Waals surface area contributed by atoms with Crippen molar-refractivity contribution in [1.82, 2.24) is 9.55 Å². The molecule has 0 unspecified atom stereocenters. The Morgan fingerprint density at radius 3 is 3.09 bits per heavy atom. The van der Waals surface area contributed by atoms with Crippen LogP contribution >= 0.6 is 0 Å². The van der Waals surface area contributed by atoms with Gasteiger partial charge in [0.25, 0.3) is 0 Å². The molecule has 0 spiro atoms. The first-order valence-electron chi connectivity index (χ1n) is 3.38. The largest absolute Gasteiger partial charge is 0.306 e. The number of aromatic nitrogens is 2. The number of hydrogen-bond donors (Lipinski definition) is 0. The summed E-state index contributed by atoms with van der Waals surface area (Å²) in [5.74, 6) is 0.850. The average Bonchev–Trinajstić information content (AvgIpc) is 2.50. The topological polar surface area (TPSA) is 30.2 Å². The van der Waals surface area contributed by atoms with Crippen LogP contribution in [0.15, 0.2) is 24.0 Å². The van der Waals surface area contributed by atoms with Gasteiger partial charge in [0.2, 0.25) is 0 Å². The Bertz CT molecular complexity index is 283. The average molecular weight is 149 g/mol. The van der Waals surface area contributed by atoms with Crippen LogP contribution in [-0.4, -0.2) is 22.3 Å². The molecule has 0 saturated carbocycles. The number of rotatable bonds is 2. The fourth-order valence-electron chi connectivity index (χ4n) is 0.841. The van der Waals surface area contributed by atoms with Crippen LogP contribution in [0.2, 0.25) is 0 Å². The molecule has 0 atom stereocenters. The summed E-state index contributed by atoms with van der Waals surface area (Å²) in [5, 5.41) is 0. The molecule has 1 rings (SSSR count). The van der Waals surface area contributed by atoms with E-state index in [9.17, 15) is 0 Å². The maximum Gasteiger partial charge on any atom is 0.157 e. The van der Waals surface area contributed by atoms with Gasteiger partial charge >= 0.3 is 0 Å². The lowest BCUT2D eigenvalue weighted by Crippen LogP contribution is -2.02. The lowest BCUT2D eigenvalue weighted by atomic mass is 10.4. The summed E-state index contributed by atoms with van der Waals surface area (Å²) in [6.45, 7) is 5.57. The van der Waals surface area contributed by atoms with Crippen molar-refractivity contribution >= 4 is 11.9 Å². The molecule has 0 fully saturated rings. The molecule has 0 bridgehead atoms. The van der Waals surface area contributed by atoms with E-state index < -0.39 is 0 Å². The van der Waals surface area contributed by atoms with Crippen molar-refractivity contribution < 1.29 is 0 Å². The standard InChI is InChI=1S/C8H11N3/c1-4-11-6-5-10-8(11)7(2)9-3/h4-6H,1H2,2-3H3. The van der Waals surface area contributed by atoms with Crippen molar-refractivity contribution in [3.8, 4) is 0 Å². The van der Waals surface area contributed by atoms with Crippen LogP contribution in [-0.2, 0) is 0 Å². The smallest absolute Gasteiger partial charge is 0.157 e. The van der Waals surface area contributed by atoms with Crippen molar-refractivity contribution in [1.29, 1.82) is 0 Å². The molecule has 1 aromatic heterocycles. The highest BCUT2D eigenvalue weighted by Gasteiger charge is 2.01. The Hall–Kier alpha value is -1.38. The Labute approximate surface area is 66.1 Å². The second-order valence-electron chi connectivity index (χ2n) is 2.15. The first-order valence-corrected chi connectivity index (χ1v) is 3.38. The van der Waals surface area contributed by atoms with Crippen LogP contribution in [0, 0.1) is 0 Å². The molecule has 0 aromatic carbocycles. The van der Waals surface area contributed by atoms with Crippen LogP contribution in [0.3, 0.4) is 0 Å². The van der Waals surface area contributed by atoms with Gasteiger partial charge in [-0.3, -0.25) is 4.99 Å². The summed E-state index contributed by atoms with van der Waals surface area (Å²) in [6.07, 6.45) is 5.28. The predicted octanol–water partition coefficient (Wildman–Crippen LogP) is 1.42. The number of hydrogen-bond acceptors (Lipinski definition) is 2. The molecule has 0 N–H and O–H groups in total. The van der Waals surface area contributed by atoms with Gasteiger partial charge in [0.05, 0.1) is 5.71 Å². The molecule has 0 aliphatic rings. The molecule has 11 heavy (non-hydrogen) atoms. The highest BCUT2D eigenvalue weighted by atomic mass is 15.1. The lowest BCUT2D eigenvalue weighted by molar-refractivity contribution is 1.10. The molecule has 0 amide bonds. The van der Waals surface area contributed by atoms with E-state index >= 15 is 0 Å². The van der Waals surface area contributed by atoms with E-state index in [4.69, 9.17) is 0 Å². The van der Waals surface area contributed by atoms with Crippen LogP contribution in [0.5, 0.6) is 0 Å². The van der Waals surface area contributed by atoms with Gasteiger partial charge in [0.1, 0.15) is 0 Å². The Balaban J connectivity index is 3.12. The van der Waals surface area contributed by atoms with Gasteiger partial charge in [-0.1, -0.05) is 6.58 Å². The van der Waals surface area contributed by atoms with Gasteiger partial charge in [0.15, 0.2) is 5.82 Å². The summed E-state index contributed by atoms with van der Waals surface area (Å²) >= 11 is 0. The number of nitrogens with zero attached hydrogens (tertiary/aromatic N) is 3. The SMILES string of the molecule is C=Cn1ccnc1C(C)=NC. The van der Waals surface area contributed by atoms with Crippen LogP contribution in [0.1, 0.15) is 12.7 Å². The second kappa shape index (κ2) is 3.14. The summed E-state index contributed by atoms with van der Waals surface area (Å²) in [5.41, 5.74) is 0.912. The molecule has 1 aromatic rings. The van der Waals surface area contributed by atoms with E-state index in [-0.39, 0.29) is 0 Å². The highest BCUT2D eigenvalue weighted by Crippen LogP contribution is 1.98. The molecule has 3 heteroatoms. The number of imidazole rings is 1. The Morgan fingerprint density at radius 2 is 2.55 bits per heavy atom. The van der Waals surface area contributed by atoms with E-state index in [1.807, 2.05) is 17.7 Å². The molecule has 1 heterocycles. The van der Waals surface area contributed by atoms with Gasteiger partial charge in [-0.15, -0.1) is 0 Å². The fraction of sp³-hybridized carbons (Fsp3) is 0.250. The predicted molar refractivity (Wildman–Crippen MR) is 46.7 cm³/mol. The minimum Gasteiger partial charge on any atom is -0.306 e. The second-order valence-corrected chi connectivity index (χ2v) is 2.15. The molecular formula is C8H11N3. The third-order valence-electron chi connectivity index (χ3n) is 1.52. The fourth-order valence-corrected chi connectivity index (χ4v) is 0.841. The lowest BCUT2D eigenvalue weighted by Gasteiger charge is -1.98. The normalized spacial score (nSPS) is 11.6. The maximum atomic E-state index is 4.12. The quantitative estimate of drug-likeness (QED) is 0.585. The third kappa shape index (κ3) is 1.37. The van der Waals surface area contributed by atoms with E-state index in [1.165, 1.54) is 0 Å². The number of aliphatic imine (C=N–C) groups is 1. The molecule has 3 nitrogen and oxygen atoms in total. The van der Waals surface area contributed by atoms with E-state index in [0.29, 0.717) is 0 Å². The van der Waals surface area contributed by atoms with Crippen LogP contribution in [0.4, 0.5) is 0 Å². The van der Waals surface area contributed by atoms with Gasteiger partial charge < -0.3 is 4.57 Å². The molecule has 58 valence electrons. The van der Waals surface area contributed by atoms with Gasteiger partial charge in [0, 0.05) is 25.6 Å². The minimum absolute atomic E-state index is 0.850. The van der Waals surface area contributed by atoms with Gasteiger partial charge in [-0.25, -0.2) is 4.98 Å².